The summed E-state index contributed by atoms with van der Waals surface area (Å²) in [5, 5.41) is 9.32. The van der Waals surface area contributed by atoms with Crippen molar-refractivity contribution in [3.63, 3.8) is 0 Å². The predicted octanol–water partition coefficient (Wildman–Crippen LogP) is 3.25. The molecule has 0 unspecified atom stereocenters. The molecule has 2 rings (SSSR count). The Balaban J connectivity index is 2.22. The van der Waals surface area contributed by atoms with Gasteiger partial charge < -0.3 is 5.11 Å². The van der Waals surface area contributed by atoms with Gasteiger partial charge in [0.05, 0.1) is 0 Å². The molecule has 0 bridgehead atoms. The van der Waals surface area contributed by atoms with E-state index in [2.05, 4.69) is 4.98 Å². The monoisotopic (exact) mass is 217 g/mol. The van der Waals surface area contributed by atoms with Gasteiger partial charge in [0.2, 0.25) is 0 Å². The summed E-state index contributed by atoms with van der Waals surface area (Å²) in [5.41, 5.74) is 1.00. The van der Waals surface area contributed by atoms with Crippen molar-refractivity contribution >= 4 is 11.8 Å². The van der Waals surface area contributed by atoms with Crippen molar-refractivity contribution in [1.29, 1.82) is 0 Å². The Hall–Kier alpha value is -1.48. The van der Waals surface area contributed by atoms with Gasteiger partial charge in [0.1, 0.15) is 5.75 Å². The van der Waals surface area contributed by atoms with E-state index in [1.807, 2.05) is 31.2 Å². The van der Waals surface area contributed by atoms with Crippen molar-refractivity contribution in [3.05, 3.63) is 48.3 Å². The molecular formula is C12H11NOS. The molecule has 2 nitrogen and oxygen atoms in total. The Labute approximate surface area is 93.0 Å². The largest absolute Gasteiger partial charge is 0.508 e. The summed E-state index contributed by atoms with van der Waals surface area (Å²) in [6.07, 6.45) is 1.79. The molecule has 0 spiro atoms. The van der Waals surface area contributed by atoms with Crippen molar-refractivity contribution in [2.75, 3.05) is 0 Å². The number of aryl methyl sites for hydroxylation is 1. The van der Waals surface area contributed by atoms with Crippen molar-refractivity contribution in [3.8, 4) is 5.75 Å². The molecule has 0 radical (unpaired) electrons. The topological polar surface area (TPSA) is 33.1 Å². The highest BCUT2D eigenvalue weighted by atomic mass is 32.2. The van der Waals surface area contributed by atoms with Crippen LogP contribution in [0.5, 0.6) is 5.75 Å². The van der Waals surface area contributed by atoms with Crippen molar-refractivity contribution < 1.29 is 5.11 Å². The predicted molar refractivity (Wildman–Crippen MR) is 61.2 cm³/mol. The summed E-state index contributed by atoms with van der Waals surface area (Å²) in [4.78, 5) is 6.30. The fourth-order valence-electron chi connectivity index (χ4n) is 1.27. The number of rotatable bonds is 2. The van der Waals surface area contributed by atoms with Crippen LogP contribution >= 0.6 is 11.8 Å². The molecule has 1 N–H and O–H groups in total. The van der Waals surface area contributed by atoms with E-state index in [-0.39, 0.29) is 0 Å². The molecule has 0 atom stereocenters. The van der Waals surface area contributed by atoms with Gasteiger partial charge in [-0.1, -0.05) is 17.8 Å². The van der Waals surface area contributed by atoms with Gasteiger partial charge in [-0.15, -0.1) is 0 Å². The highest BCUT2D eigenvalue weighted by molar-refractivity contribution is 7.99. The molecule has 1 aromatic carbocycles. The summed E-state index contributed by atoms with van der Waals surface area (Å²) in [6, 6.07) is 11.2. The van der Waals surface area contributed by atoms with Crippen LogP contribution in [0.1, 0.15) is 5.69 Å². The van der Waals surface area contributed by atoms with E-state index in [1.54, 1.807) is 30.1 Å². The first-order valence-corrected chi connectivity index (χ1v) is 5.45. The average molecular weight is 217 g/mol. The van der Waals surface area contributed by atoms with E-state index in [9.17, 15) is 5.11 Å². The number of phenols is 1. The highest BCUT2D eigenvalue weighted by Gasteiger charge is 1.98. The number of hydrogen-bond acceptors (Lipinski definition) is 3. The normalized spacial score (nSPS) is 10.2. The van der Waals surface area contributed by atoms with Crippen LogP contribution in [-0.4, -0.2) is 10.1 Å². The number of benzene rings is 1. The molecule has 0 amide bonds. The van der Waals surface area contributed by atoms with Crippen LogP contribution in [0.25, 0.3) is 0 Å². The number of aromatic hydroxyl groups is 1. The maximum atomic E-state index is 9.32. The van der Waals surface area contributed by atoms with Crippen molar-refractivity contribution in [1.82, 2.24) is 4.98 Å². The Morgan fingerprint density at radius 1 is 1.13 bits per heavy atom. The lowest BCUT2D eigenvalue weighted by Crippen LogP contribution is -1.80. The second-order valence-corrected chi connectivity index (χ2v) is 4.38. The SMILES string of the molecule is Cc1cc(Sc2cccc(O)c2)ccn1. The number of pyridine rings is 1. The van der Waals surface area contributed by atoms with Gasteiger partial charge in [0.25, 0.3) is 0 Å². The third kappa shape index (κ3) is 2.73. The maximum Gasteiger partial charge on any atom is 0.116 e. The van der Waals surface area contributed by atoms with E-state index >= 15 is 0 Å². The van der Waals surface area contributed by atoms with Gasteiger partial charge in [0.15, 0.2) is 0 Å². The molecule has 0 aliphatic heterocycles. The molecule has 0 aliphatic carbocycles. The van der Waals surface area contributed by atoms with E-state index < -0.39 is 0 Å². The molecular weight excluding hydrogens is 206 g/mol. The molecule has 1 aromatic heterocycles. The van der Waals surface area contributed by atoms with Crippen LogP contribution < -0.4 is 0 Å². The minimum atomic E-state index is 0.297. The maximum absolute atomic E-state index is 9.32. The van der Waals surface area contributed by atoms with Gasteiger partial charge in [-0.3, -0.25) is 4.98 Å². The quantitative estimate of drug-likeness (QED) is 0.838. The first-order valence-electron chi connectivity index (χ1n) is 4.63. The summed E-state index contributed by atoms with van der Waals surface area (Å²) in [7, 11) is 0. The minimum absolute atomic E-state index is 0.297. The van der Waals surface area contributed by atoms with Crippen molar-refractivity contribution in [2.45, 2.75) is 16.7 Å². The van der Waals surface area contributed by atoms with Crippen LogP contribution in [0.3, 0.4) is 0 Å². The minimum Gasteiger partial charge on any atom is -0.508 e. The van der Waals surface area contributed by atoms with Gasteiger partial charge in [-0.05, 0) is 37.3 Å². The first kappa shape index (κ1) is 10.1. The van der Waals surface area contributed by atoms with E-state index in [1.165, 1.54) is 0 Å². The lowest BCUT2D eigenvalue weighted by atomic mass is 10.3. The number of phenolic OH excluding ortho intramolecular Hbond substituents is 1. The van der Waals surface area contributed by atoms with Crippen LogP contribution in [-0.2, 0) is 0 Å². The Bertz CT molecular complexity index is 427. The molecule has 0 aliphatic rings. The molecule has 2 aromatic rings. The number of nitrogens with zero attached hydrogens (tertiary/aromatic N) is 1. The number of aromatic nitrogens is 1. The van der Waals surface area contributed by atoms with Gasteiger partial charge >= 0.3 is 0 Å². The van der Waals surface area contributed by atoms with Crippen LogP contribution in [0, 0.1) is 6.92 Å². The lowest BCUT2D eigenvalue weighted by molar-refractivity contribution is 0.474. The van der Waals surface area contributed by atoms with Gasteiger partial charge in [-0.2, -0.15) is 0 Å². The average Bonchev–Trinajstić information content (AvgIpc) is 2.17. The van der Waals surface area contributed by atoms with Crippen LogP contribution in [0.4, 0.5) is 0 Å². The van der Waals surface area contributed by atoms with E-state index in [0.717, 1.165) is 15.5 Å². The Kier molecular flexibility index (Phi) is 2.92. The third-order valence-corrected chi connectivity index (χ3v) is 2.90. The molecule has 0 fully saturated rings. The second-order valence-electron chi connectivity index (χ2n) is 3.23. The zero-order chi connectivity index (χ0) is 10.7. The fourth-order valence-corrected chi connectivity index (χ4v) is 2.22. The standard InChI is InChI=1S/C12H11NOS/c1-9-7-12(5-6-13-9)15-11-4-2-3-10(14)8-11/h2-8,14H,1H3. The highest BCUT2D eigenvalue weighted by Crippen LogP contribution is 2.29. The molecule has 0 saturated carbocycles. The van der Waals surface area contributed by atoms with Crippen LogP contribution in [0.15, 0.2) is 52.4 Å². The smallest absolute Gasteiger partial charge is 0.116 e. The molecule has 1 heterocycles. The molecule has 15 heavy (non-hydrogen) atoms. The summed E-state index contributed by atoms with van der Waals surface area (Å²) >= 11 is 1.62. The molecule has 76 valence electrons. The number of hydrogen-bond donors (Lipinski definition) is 1. The van der Waals surface area contributed by atoms with Crippen molar-refractivity contribution in [2.24, 2.45) is 0 Å². The molecule has 0 saturated heterocycles. The lowest BCUT2D eigenvalue weighted by Gasteiger charge is -2.02. The Morgan fingerprint density at radius 2 is 1.93 bits per heavy atom. The Morgan fingerprint density at radius 3 is 2.67 bits per heavy atom. The summed E-state index contributed by atoms with van der Waals surface area (Å²) in [5.74, 6) is 0.297. The second kappa shape index (κ2) is 4.36. The summed E-state index contributed by atoms with van der Waals surface area (Å²) in [6.45, 7) is 1.96. The molecule has 3 heteroatoms. The van der Waals surface area contributed by atoms with Gasteiger partial charge in [-0.25, -0.2) is 0 Å². The van der Waals surface area contributed by atoms with E-state index in [4.69, 9.17) is 0 Å². The zero-order valence-electron chi connectivity index (χ0n) is 8.34. The van der Waals surface area contributed by atoms with E-state index in [0.29, 0.717) is 5.75 Å². The van der Waals surface area contributed by atoms with Gasteiger partial charge in [0, 0.05) is 21.7 Å². The first-order chi connectivity index (χ1) is 7.24. The fraction of sp³-hybridized carbons (Fsp3) is 0.0833. The zero-order valence-corrected chi connectivity index (χ0v) is 9.16. The van der Waals surface area contributed by atoms with Crippen LogP contribution in [0.2, 0.25) is 0 Å². The summed E-state index contributed by atoms with van der Waals surface area (Å²) < 4.78 is 0. The third-order valence-electron chi connectivity index (χ3n) is 1.92.